The molecule has 0 aromatic heterocycles. The van der Waals surface area contributed by atoms with Gasteiger partial charge >= 0.3 is 0 Å². The normalized spacial score (nSPS) is 25.1. The van der Waals surface area contributed by atoms with Crippen LogP contribution in [0, 0.1) is 0 Å². The maximum atomic E-state index is 5.83. The number of hydrogen-bond donors (Lipinski definition) is 1. The summed E-state index contributed by atoms with van der Waals surface area (Å²) in [6, 6.07) is 0. The van der Waals surface area contributed by atoms with Crippen molar-refractivity contribution < 1.29 is 9.47 Å². The Morgan fingerprint density at radius 3 is 2.69 bits per heavy atom. The molecule has 5 heteroatoms. The molecule has 1 aliphatic rings. The average Bonchev–Trinajstić information content (AvgIpc) is 2.09. The van der Waals surface area contributed by atoms with Crippen LogP contribution in [0.4, 0.5) is 0 Å². The van der Waals surface area contributed by atoms with Crippen molar-refractivity contribution in [1.82, 2.24) is 4.90 Å². The summed E-state index contributed by atoms with van der Waals surface area (Å²) >= 11 is 0. The van der Waals surface area contributed by atoms with Crippen molar-refractivity contribution in [1.29, 1.82) is 0 Å². The van der Waals surface area contributed by atoms with E-state index in [1.54, 1.807) is 0 Å². The highest BCUT2D eigenvalue weighted by Crippen LogP contribution is 2.20. The number of morpholine rings is 1. The molecule has 0 bridgehead atoms. The Bertz CT molecular complexity index is 191. The molecule has 16 heavy (non-hydrogen) atoms. The van der Waals surface area contributed by atoms with Gasteiger partial charge in [0.15, 0.2) is 0 Å². The molecule has 0 aromatic carbocycles. The Hall–Kier alpha value is 0.130. The highest BCUT2D eigenvalue weighted by atomic mass is 35.5. The van der Waals surface area contributed by atoms with Crippen LogP contribution in [0.25, 0.3) is 0 Å². The maximum Gasteiger partial charge on any atom is 0.0757 e. The zero-order valence-electron chi connectivity index (χ0n) is 10.6. The summed E-state index contributed by atoms with van der Waals surface area (Å²) in [5, 5.41) is 0. The van der Waals surface area contributed by atoms with E-state index in [9.17, 15) is 0 Å². The topological polar surface area (TPSA) is 47.7 Å². The molecular formula is C11H25ClN2O2. The lowest BCUT2D eigenvalue weighted by atomic mass is 10.1. The van der Waals surface area contributed by atoms with Gasteiger partial charge in [0.1, 0.15) is 0 Å². The van der Waals surface area contributed by atoms with Crippen LogP contribution >= 0.6 is 12.4 Å². The third kappa shape index (κ3) is 6.01. The average molecular weight is 253 g/mol. The van der Waals surface area contributed by atoms with E-state index in [0.717, 1.165) is 26.2 Å². The number of hydrogen-bond acceptors (Lipinski definition) is 4. The lowest BCUT2D eigenvalue weighted by Gasteiger charge is -2.41. The first-order valence-electron chi connectivity index (χ1n) is 5.71. The predicted octanol–water partition coefficient (Wildman–Crippen LogP) is 0.883. The van der Waals surface area contributed by atoms with Crippen molar-refractivity contribution in [3.63, 3.8) is 0 Å². The van der Waals surface area contributed by atoms with Crippen molar-refractivity contribution in [2.45, 2.75) is 32.5 Å². The van der Waals surface area contributed by atoms with Crippen molar-refractivity contribution in [3.05, 3.63) is 0 Å². The molecule has 0 aromatic rings. The summed E-state index contributed by atoms with van der Waals surface area (Å²) < 4.78 is 11.2. The van der Waals surface area contributed by atoms with E-state index in [0.29, 0.717) is 19.3 Å². The Kier molecular flexibility index (Phi) is 7.52. The van der Waals surface area contributed by atoms with Gasteiger partial charge in [0.05, 0.1) is 24.9 Å². The fourth-order valence-electron chi connectivity index (χ4n) is 2.14. The quantitative estimate of drug-likeness (QED) is 0.738. The zero-order chi connectivity index (χ0) is 11.3. The Balaban J connectivity index is 0.00000225. The van der Waals surface area contributed by atoms with Crippen LogP contribution in [-0.2, 0) is 9.47 Å². The minimum atomic E-state index is -0.0362. The zero-order valence-corrected chi connectivity index (χ0v) is 11.4. The van der Waals surface area contributed by atoms with Gasteiger partial charge in [0, 0.05) is 26.2 Å². The van der Waals surface area contributed by atoms with Crippen LogP contribution in [0.15, 0.2) is 0 Å². The van der Waals surface area contributed by atoms with E-state index in [2.05, 4.69) is 25.7 Å². The van der Waals surface area contributed by atoms with Crippen molar-refractivity contribution in [3.8, 4) is 0 Å². The van der Waals surface area contributed by atoms with Gasteiger partial charge in [0.25, 0.3) is 0 Å². The van der Waals surface area contributed by atoms with Gasteiger partial charge in [-0.2, -0.15) is 0 Å². The van der Waals surface area contributed by atoms with Crippen LogP contribution in [0.5, 0.6) is 0 Å². The smallest absolute Gasteiger partial charge is 0.0757 e. The lowest BCUT2D eigenvalue weighted by Crippen LogP contribution is -2.52. The second-order valence-electron chi connectivity index (χ2n) is 4.82. The van der Waals surface area contributed by atoms with Gasteiger partial charge < -0.3 is 15.2 Å². The summed E-state index contributed by atoms with van der Waals surface area (Å²) in [5.74, 6) is 0. The highest BCUT2D eigenvalue weighted by Gasteiger charge is 2.30. The maximum absolute atomic E-state index is 5.83. The SMILES string of the molecule is CC1CN(CCOCCN)CC(C)(C)O1.Cl. The summed E-state index contributed by atoms with van der Waals surface area (Å²) in [7, 11) is 0. The van der Waals surface area contributed by atoms with Gasteiger partial charge in [0.2, 0.25) is 0 Å². The molecule has 1 saturated heterocycles. The molecule has 1 aliphatic heterocycles. The highest BCUT2D eigenvalue weighted by molar-refractivity contribution is 5.85. The van der Waals surface area contributed by atoms with Crippen molar-refractivity contribution in [2.24, 2.45) is 5.73 Å². The molecule has 0 spiro atoms. The number of nitrogens with two attached hydrogens (primary N) is 1. The predicted molar refractivity (Wildman–Crippen MR) is 68.2 cm³/mol. The number of rotatable bonds is 5. The van der Waals surface area contributed by atoms with Crippen molar-refractivity contribution in [2.75, 3.05) is 39.4 Å². The van der Waals surface area contributed by atoms with Gasteiger partial charge in [-0.05, 0) is 20.8 Å². The minimum Gasteiger partial charge on any atom is -0.379 e. The Morgan fingerprint density at radius 2 is 2.12 bits per heavy atom. The van der Waals surface area contributed by atoms with Crippen LogP contribution in [-0.4, -0.2) is 56.0 Å². The minimum absolute atomic E-state index is 0. The molecule has 1 rings (SSSR count). The summed E-state index contributed by atoms with van der Waals surface area (Å²) in [6.45, 7) is 11.4. The molecule has 4 nitrogen and oxygen atoms in total. The number of ether oxygens (including phenoxy) is 2. The first kappa shape index (κ1) is 16.1. The molecule has 2 N–H and O–H groups in total. The van der Waals surface area contributed by atoms with E-state index >= 15 is 0 Å². The first-order valence-corrected chi connectivity index (χ1v) is 5.71. The van der Waals surface area contributed by atoms with Crippen LogP contribution in [0.1, 0.15) is 20.8 Å². The molecule has 0 aliphatic carbocycles. The fourth-order valence-corrected chi connectivity index (χ4v) is 2.14. The molecular weight excluding hydrogens is 228 g/mol. The fraction of sp³-hybridized carbons (Fsp3) is 1.00. The van der Waals surface area contributed by atoms with Gasteiger partial charge in [-0.25, -0.2) is 0 Å². The summed E-state index contributed by atoms with van der Waals surface area (Å²) in [4.78, 5) is 2.39. The van der Waals surface area contributed by atoms with Crippen LogP contribution in [0.2, 0.25) is 0 Å². The standard InChI is InChI=1S/C11H24N2O2.ClH/c1-10-8-13(5-7-14-6-4-12)9-11(2,3)15-10;/h10H,4-9,12H2,1-3H3;1H. The Morgan fingerprint density at radius 1 is 1.44 bits per heavy atom. The van der Waals surface area contributed by atoms with Crippen molar-refractivity contribution >= 4 is 12.4 Å². The third-order valence-electron chi connectivity index (χ3n) is 2.45. The molecule has 98 valence electrons. The van der Waals surface area contributed by atoms with Crippen LogP contribution < -0.4 is 5.73 Å². The molecule has 1 heterocycles. The Labute approximate surface area is 105 Å². The molecule has 0 amide bonds. The van der Waals surface area contributed by atoms with E-state index < -0.39 is 0 Å². The molecule has 1 atom stereocenters. The molecule has 0 radical (unpaired) electrons. The monoisotopic (exact) mass is 252 g/mol. The van der Waals surface area contributed by atoms with Gasteiger partial charge in [-0.15, -0.1) is 12.4 Å². The van der Waals surface area contributed by atoms with E-state index in [1.165, 1.54) is 0 Å². The second-order valence-corrected chi connectivity index (χ2v) is 4.82. The molecule has 1 fully saturated rings. The first-order chi connectivity index (χ1) is 7.03. The van der Waals surface area contributed by atoms with Gasteiger partial charge in [-0.1, -0.05) is 0 Å². The molecule has 0 saturated carbocycles. The van der Waals surface area contributed by atoms with Gasteiger partial charge in [-0.3, -0.25) is 4.90 Å². The van der Waals surface area contributed by atoms with E-state index in [1.807, 2.05) is 0 Å². The summed E-state index contributed by atoms with van der Waals surface area (Å²) in [6.07, 6.45) is 0.309. The third-order valence-corrected chi connectivity index (χ3v) is 2.45. The molecule has 1 unspecified atom stereocenters. The summed E-state index contributed by atoms with van der Waals surface area (Å²) in [5.41, 5.74) is 5.32. The van der Waals surface area contributed by atoms with E-state index in [-0.39, 0.29) is 18.0 Å². The second kappa shape index (κ2) is 7.45. The largest absolute Gasteiger partial charge is 0.379 e. The number of nitrogens with zero attached hydrogens (tertiary/aromatic N) is 1. The lowest BCUT2D eigenvalue weighted by molar-refractivity contribution is -0.131. The van der Waals surface area contributed by atoms with Crippen LogP contribution in [0.3, 0.4) is 0 Å². The number of halogens is 1. The van der Waals surface area contributed by atoms with E-state index in [4.69, 9.17) is 15.2 Å².